The summed E-state index contributed by atoms with van der Waals surface area (Å²) in [6.07, 6.45) is -3.09. The highest BCUT2D eigenvalue weighted by molar-refractivity contribution is 6.05. The molecule has 2 aromatic carbocycles. The average molecular weight is 1190 g/mol. The van der Waals surface area contributed by atoms with Crippen LogP contribution in [0.2, 0.25) is 0 Å². The third-order valence-electron chi connectivity index (χ3n) is 16.1. The number of nitrogens with zero attached hydrogens (tertiary/aromatic N) is 4. The molecular weight excluding hydrogens is 1100 g/mol. The molecule has 472 valence electrons. The van der Waals surface area contributed by atoms with Gasteiger partial charge in [0.1, 0.15) is 37.3 Å². The molecule has 2 saturated heterocycles. The smallest absolute Gasteiger partial charge is 0.410 e. The van der Waals surface area contributed by atoms with Gasteiger partial charge in [-0.05, 0) is 66.7 Å². The molecule has 10 amide bonds. The molecule has 4 rings (SSSR count). The molecule has 0 saturated carbocycles. The maximum Gasteiger partial charge on any atom is 0.410 e. The van der Waals surface area contributed by atoms with Gasteiger partial charge in [-0.2, -0.15) is 0 Å². The van der Waals surface area contributed by atoms with Crippen LogP contribution in [0, 0.1) is 29.6 Å². The molecule has 2 aliphatic heterocycles. The monoisotopic (exact) mass is 1190 g/mol. The average Bonchev–Trinajstić information content (AvgIpc) is 3.24. The van der Waals surface area contributed by atoms with Crippen LogP contribution in [0.1, 0.15) is 126 Å². The van der Waals surface area contributed by atoms with Crippen LogP contribution in [0.5, 0.6) is 0 Å². The number of hydrogen-bond acceptors (Lipinski definition) is 15. The number of likely N-dealkylation sites (tertiary alicyclic amines) is 2. The predicted molar refractivity (Wildman–Crippen MR) is 315 cm³/mol. The minimum absolute atomic E-state index is 0.0939. The first-order valence-corrected chi connectivity index (χ1v) is 29.2. The van der Waals surface area contributed by atoms with E-state index in [2.05, 4.69) is 26.6 Å². The summed E-state index contributed by atoms with van der Waals surface area (Å²) in [6.45, 7) is 16.4. The Labute approximate surface area is 501 Å². The second-order valence-electron chi connectivity index (χ2n) is 23.3. The third kappa shape index (κ3) is 19.0. The van der Waals surface area contributed by atoms with Crippen LogP contribution in [0.3, 0.4) is 0 Å². The molecule has 7 N–H and O–H groups in total. The molecule has 0 radical (unpaired) electrons. The van der Waals surface area contributed by atoms with E-state index < -0.39 is 151 Å². The van der Waals surface area contributed by atoms with Crippen molar-refractivity contribution >= 4 is 64.9 Å². The number of nitrogens with one attached hydrogen (secondary N) is 5. The van der Waals surface area contributed by atoms with E-state index in [4.69, 9.17) is 15.6 Å². The van der Waals surface area contributed by atoms with Gasteiger partial charge in [0.2, 0.25) is 53.2 Å². The van der Waals surface area contributed by atoms with Crippen LogP contribution in [0.4, 0.5) is 10.5 Å². The summed E-state index contributed by atoms with van der Waals surface area (Å²) >= 11 is 0. The Balaban J connectivity index is 1.37. The number of aliphatic hydroxyl groups excluding tert-OH is 2. The first-order valence-electron chi connectivity index (χ1n) is 29.8. The summed E-state index contributed by atoms with van der Waals surface area (Å²) in [4.78, 5) is 139. The van der Waals surface area contributed by atoms with E-state index in [0.717, 1.165) is 4.90 Å². The number of likely N-dealkylation sites (N-methyl/N-ethyl adjacent to an activating group) is 2. The van der Waals surface area contributed by atoms with E-state index in [1.54, 1.807) is 91.6 Å². The van der Waals surface area contributed by atoms with Gasteiger partial charge in [-0.15, -0.1) is 0 Å². The molecule has 24 nitrogen and oxygen atoms in total. The third-order valence-corrected chi connectivity index (χ3v) is 16.1. The summed E-state index contributed by atoms with van der Waals surface area (Å²) in [5.74, 6) is -7.81. The van der Waals surface area contributed by atoms with Gasteiger partial charge in [-0.25, -0.2) is 4.79 Å². The summed E-state index contributed by atoms with van der Waals surface area (Å²) in [7, 11) is 6.04. The van der Waals surface area contributed by atoms with Gasteiger partial charge in [0.15, 0.2) is 0 Å². The molecule has 24 heteroatoms. The number of anilines is 1. The second-order valence-corrected chi connectivity index (χ2v) is 23.3. The van der Waals surface area contributed by atoms with Gasteiger partial charge in [-0.1, -0.05) is 111 Å². The lowest BCUT2D eigenvalue weighted by atomic mass is 9.89. The Bertz CT molecular complexity index is 2650. The van der Waals surface area contributed by atoms with Gasteiger partial charge >= 0.3 is 6.09 Å². The highest BCUT2D eigenvalue weighted by atomic mass is 16.6. The SMILES string of the molecule is [3H]C1CC(=O)N(CC(=O)N[C@H](C(=O)NC(CO)C(=O)Nc2ccc(COC(=O)N(C)[C@H](C(=O)NC(C(=O)N(C)[C@@H]([C@@H](C)CC)[C@@H](CC(=O)N3CCC[C@H]3[C@H](OC)[C@@H](C)C(=O)N[C@H](C)[C@@H](O)c3ccccc3)OC)C(C)C)C(C)C)cc2)C(C)C)C1=O. The number of carbonyl (C=O) groups is 10. The topological polar surface area (TPSA) is 312 Å². The van der Waals surface area contributed by atoms with Crippen LogP contribution in [0.15, 0.2) is 54.6 Å². The second kappa shape index (κ2) is 33.0. The Morgan fingerprint density at radius 2 is 1.39 bits per heavy atom. The van der Waals surface area contributed by atoms with Gasteiger partial charge in [0, 0.05) is 54.7 Å². The van der Waals surface area contributed by atoms with Crippen LogP contribution >= 0.6 is 0 Å². The van der Waals surface area contributed by atoms with Crippen LogP contribution < -0.4 is 26.6 Å². The van der Waals surface area contributed by atoms with E-state index in [1.165, 1.54) is 38.3 Å². The maximum atomic E-state index is 14.7. The van der Waals surface area contributed by atoms with Crippen molar-refractivity contribution in [3.05, 3.63) is 65.7 Å². The van der Waals surface area contributed by atoms with Crippen molar-refractivity contribution in [1.82, 2.24) is 40.9 Å². The molecule has 0 aliphatic carbocycles. The molecule has 2 aromatic rings. The van der Waals surface area contributed by atoms with E-state index in [9.17, 15) is 58.2 Å². The van der Waals surface area contributed by atoms with Crippen molar-refractivity contribution in [2.75, 3.05) is 53.3 Å². The van der Waals surface area contributed by atoms with Crippen molar-refractivity contribution in [3.63, 3.8) is 0 Å². The molecule has 2 fully saturated rings. The molecule has 0 bridgehead atoms. The molecular formula is C61H93N9O15. The number of methoxy groups -OCH3 is 2. The van der Waals surface area contributed by atoms with E-state index >= 15 is 0 Å². The Kier molecular flexibility index (Phi) is 26.7. The maximum absolute atomic E-state index is 14.7. The normalized spacial score (nSPS) is 19.3. The number of rotatable bonds is 31. The summed E-state index contributed by atoms with van der Waals surface area (Å²) in [5, 5.41) is 34.3. The first-order chi connectivity index (χ1) is 40.5. The van der Waals surface area contributed by atoms with E-state index in [0.29, 0.717) is 41.8 Å². The van der Waals surface area contributed by atoms with Crippen molar-refractivity contribution < 1.29 is 73.7 Å². The van der Waals surface area contributed by atoms with Crippen molar-refractivity contribution in [1.29, 1.82) is 0 Å². The lowest BCUT2D eigenvalue weighted by Crippen LogP contribution is -2.60. The molecule has 0 aromatic heterocycles. The van der Waals surface area contributed by atoms with Gasteiger partial charge in [0.05, 0.1) is 55.4 Å². The van der Waals surface area contributed by atoms with E-state index in [1.807, 2.05) is 32.0 Å². The fraction of sp³-hybridized carbons (Fsp3) is 0.639. The number of ether oxygens (including phenoxy) is 3. The summed E-state index contributed by atoms with van der Waals surface area (Å²) < 4.78 is 25.3. The minimum atomic E-state index is -1.46. The zero-order valence-electron chi connectivity index (χ0n) is 52.8. The van der Waals surface area contributed by atoms with Crippen molar-refractivity contribution in [2.24, 2.45) is 29.6 Å². The van der Waals surface area contributed by atoms with Crippen molar-refractivity contribution in [3.8, 4) is 0 Å². The predicted octanol–water partition coefficient (Wildman–Crippen LogP) is 3.28. The quantitative estimate of drug-likeness (QED) is 0.0533. The number of hydrogen-bond donors (Lipinski definition) is 7. The van der Waals surface area contributed by atoms with Crippen LogP contribution in [-0.4, -0.2) is 192 Å². The van der Waals surface area contributed by atoms with Gasteiger partial charge in [-0.3, -0.25) is 53.0 Å². The molecule has 0 spiro atoms. The zero-order chi connectivity index (χ0) is 64.4. The Hall–Kier alpha value is -7.02. The summed E-state index contributed by atoms with van der Waals surface area (Å²) in [5.41, 5.74) is 1.41. The Morgan fingerprint density at radius 1 is 0.753 bits per heavy atom. The van der Waals surface area contributed by atoms with E-state index in [-0.39, 0.29) is 42.9 Å². The highest BCUT2D eigenvalue weighted by Crippen LogP contribution is 2.30. The first kappa shape index (κ1) is 68.8. The lowest BCUT2D eigenvalue weighted by Gasteiger charge is -2.41. The fourth-order valence-corrected chi connectivity index (χ4v) is 10.9. The summed E-state index contributed by atoms with van der Waals surface area (Å²) in [6, 6.07) is 8.65. The largest absolute Gasteiger partial charge is 0.445 e. The lowest BCUT2D eigenvalue weighted by molar-refractivity contribution is -0.148. The standard InChI is InChI=1S/C61H93N9O15/c1-15-37(8)53(45(83-13)30-49(75)69-29-19-22-44(69)55(84-14)38(9)56(77)62-39(10)54(76)41-20-17-16-18-21-41)67(11)60(81)51(35(4)5)66-59(80)52(36(6)7)68(12)61(82)85-33-40-23-25-42(26-24-40)63-57(78)43(32-71)64-58(79)50(34(2)3)65-46(72)31-70-47(73)27-28-48(70)74/h16-18,20-21,23-26,34-39,43-45,50-55,71,76H,15,19,22,27-33H2,1-14H3,(H,62,77)(H,63,78)(H,64,79)(H,65,72)(H,66,80)/t37-,38+,39+,43?,44-,45+,50-,51?,52-,53-,54+,55+/m0/s1/i27T/t27?,37-,38+,39+,43?,44-,45+,50-,51?,52-,53-,54+,55+. The fourth-order valence-electron chi connectivity index (χ4n) is 10.9. The molecule has 2 heterocycles. The van der Waals surface area contributed by atoms with Crippen LogP contribution in [0.25, 0.3) is 0 Å². The van der Waals surface area contributed by atoms with Gasteiger partial charge < -0.3 is 60.8 Å². The number of amides is 10. The molecule has 85 heavy (non-hydrogen) atoms. The molecule has 2 aliphatic rings. The van der Waals surface area contributed by atoms with Crippen LogP contribution in [-0.2, 0) is 64.0 Å². The van der Waals surface area contributed by atoms with Crippen molar-refractivity contribution in [2.45, 2.75) is 175 Å². The molecule has 13 atom stereocenters. The number of carbonyl (C=O) groups excluding carboxylic acids is 10. The number of benzene rings is 2. The number of aliphatic hydroxyl groups is 2. The van der Waals surface area contributed by atoms with Gasteiger partial charge in [0.25, 0.3) is 0 Å². The zero-order valence-corrected chi connectivity index (χ0v) is 51.8. The minimum Gasteiger partial charge on any atom is -0.445 e. The Morgan fingerprint density at radius 3 is 1.93 bits per heavy atom. The molecule has 3 unspecified atom stereocenters. The highest BCUT2D eigenvalue weighted by Gasteiger charge is 2.44. The number of imide groups is 1.